The number of amides is 1. The lowest BCUT2D eigenvalue weighted by atomic mass is 9.93. The maximum Gasteiger partial charge on any atom is 0.248 e. The van der Waals surface area contributed by atoms with E-state index in [-0.39, 0.29) is 7.34 Å². The summed E-state index contributed by atoms with van der Waals surface area (Å²) >= 11 is 0. The largest absolute Gasteiger partial charge is 0.366 e. The van der Waals surface area contributed by atoms with Gasteiger partial charge in [-0.05, 0) is 30.7 Å². The molecule has 3 rings (SSSR count). The molecule has 0 saturated heterocycles. The Kier molecular flexibility index (Phi) is 3.29. The summed E-state index contributed by atoms with van der Waals surface area (Å²) in [6.07, 6.45) is 9.86. The van der Waals surface area contributed by atoms with E-state index < -0.39 is 5.91 Å². The lowest BCUT2D eigenvalue weighted by Crippen LogP contribution is -2.11. The van der Waals surface area contributed by atoms with E-state index in [2.05, 4.69) is 22.9 Å². The zero-order chi connectivity index (χ0) is 14.8. The van der Waals surface area contributed by atoms with Gasteiger partial charge in [0.05, 0.1) is 11.6 Å². The van der Waals surface area contributed by atoms with Crippen LogP contribution in [-0.2, 0) is 0 Å². The number of hydrogen-bond acceptors (Lipinski definition) is 2. The number of nitrogens with zero attached hydrogens (tertiary/aromatic N) is 1. The minimum atomic E-state index is -0.441. The fourth-order valence-corrected chi connectivity index (χ4v) is 2.30. The Labute approximate surface area is 125 Å². The van der Waals surface area contributed by atoms with Crippen LogP contribution in [0.1, 0.15) is 22.9 Å². The molecule has 1 aromatic carbocycles. The summed E-state index contributed by atoms with van der Waals surface area (Å²) in [6, 6.07) is 5.31. The molecule has 1 aromatic rings. The molecule has 2 aliphatic rings. The van der Waals surface area contributed by atoms with Gasteiger partial charge in [0, 0.05) is 24.3 Å². The van der Waals surface area contributed by atoms with Crippen LogP contribution in [0.4, 0.5) is 0 Å². The Morgan fingerprint density at radius 2 is 2.19 bits per heavy atom. The number of allylic oxidation sites excluding steroid dienone is 5. The summed E-state index contributed by atoms with van der Waals surface area (Å²) in [5.41, 5.74) is 9.60. The Balaban J connectivity index is 0.00000176. The van der Waals surface area contributed by atoms with Crippen molar-refractivity contribution in [1.82, 2.24) is 0 Å². The van der Waals surface area contributed by atoms with Crippen molar-refractivity contribution in [3.8, 4) is 11.8 Å². The van der Waals surface area contributed by atoms with Gasteiger partial charge in [0.1, 0.15) is 0 Å². The third-order valence-electron chi connectivity index (χ3n) is 3.55. The van der Waals surface area contributed by atoms with E-state index in [1.165, 1.54) is 0 Å². The second-order valence-electron chi connectivity index (χ2n) is 5.00. The molecule has 0 bridgehead atoms. The van der Waals surface area contributed by atoms with Crippen LogP contribution in [0.5, 0.6) is 0 Å². The second kappa shape index (κ2) is 5.26. The molecule has 0 fully saturated rings. The summed E-state index contributed by atoms with van der Waals surface area (Å²) in [7, 11) is 0. The summed E-state index contributed by atoms with van der Waals surface area (Å²) in [6.45, 7) is 1.96. The number of aryl methyl sites for hydroxylation is 1. The molecule has 0 saturated carbocycles. The molecule has 0 spiro atoms. The highest BCUT2D eigenvalue weighted by Gasteiger charge is 2.20. The highest BCUT2D eigenvalue weighted by atomic mass is 16.1. The summed E-state index contributed by atoms with van der Waals surface area (Å²) in [5, 5.41) is 0. The van der Waals surface area contributed by atoms with Gasteiger partial charge < -0.3 is 5.73 Å². The standard InChI is InChI=1S/C18H14N2O.H2/c1-12-6-7-14(18(19)21)10-13(12)8-9-15-11-20-17-5-3-2-4-16(15)17;/h2-7,10-11,16H,1H3,(H2,19,21);1H. The minimum absolute atomic E-state index is 0. The van der Waals surface area contributed by atoms with E-state index in [1.54, 1.807) is 18.3 Å². The molecule has 3 heteroatoms. The number of fused-ring (bicyclic) bond motifs is 1. The van der Waals surface area contributed by atoms with Crippen molar-refractivity contribution in [3.63, 3.8) is 0 Å². The predicted octanol–water partition coefficient (Wildman–Crippen LogP) is 2.77. The fourth-order valence-electron chi connectivity index (χ4n) is 2.30. The Bertz CT molecular complexity index is 804. The topological polar surface area (TPSA) is 55.5 Å². The van der Waals surface area contributed by atoms with E-state index in [4.69, 9.17) is 5.73 Å². The van der Waals surface area contributed by atoms with Crippen LogP contribution in [0.3, 0.4) is 0 Å². The van der Waals surface area contributed by atoms with Crippen molar-refractivity contribution >= 4 is 11.6 Å². The molecule has 0 aromatic heterocycles. The number of carbonyl (C=O) groups is 1. The van der Waals surface area contributed by atoms with E-state index in [0.29, 0.717) is 5.56 Å². The van der Waals surface area contributed by atoms with Crippen LogP contribution in [0.15, 0.2) is 59.3 Å². The molecule has 21 heavy (non-hydrogen) atoms. The summed E-state index contributed by atoms with van der Waals surface area (Å²) in [5.74, 6) is 6.00. The zero-order valence-electron chi connectivity index (χ0n) is 11.6. The molecular weight excluding hydrogens is 260 g/mol. The number of benzene rings is 1. The molecule has 3 nitrogen and oxygen atoms in total. The monoisotopic (exact) mass is 276 g/mol. The highest BCUT2D eigenvalue weighted by molar-refractivity contribution is 6.04. The van der Waals surface area contributed by atoms with Crippen molar-refractivity contribution in [2.24, 2.45) is 16.6 Å². The number of primary amides is 1. The van der Waals surface area contributed by atoms with Crippen molar-refractivity contribution in [2.45, 2.75) is 6.92 Å². The number of aliphatic imine (C=N–C) groups is 1. The normalized spacial score (nSPS) is 18.4. The molecule has 1 heterocycles. The van der Waals surface area contributed by atoms with E-state index in [1.807, 2.05) is 31.2 Å². The summed E-state index contributed by atoms with van der Waals surface area (Å²) in [4.78, 5) is 15.6. The van der Waals surface area contributed by atoms with Crippen molar-refractivity contribution in [2.75, 3.05) is 0 Å². The average molecular weight is 276 g/mol. The van der Waals surface area contributed by atoms with Gasteiger partial charge in [0.25, 0.3) is 0 Å². The zero-order valence-corrected chi connectivity index (χ0v) is 11.6. The van der Waals surface area contributed by atoms with Gasteiger partial charge in [-0.3, -0.25) is 9.79 Å². The summed E-state index contributed by atoms with van der Waals surface area (Å²) < 4.78 is 0. The van der Waals surface area contributed by atoms with Gasteiger partial charge in [-0.2, -0.15) is 0 Å². The molecule has 0 radical (unpaired) electrons. The van der Waals surface area contributed by atoms with Gasteiger partial charge >= 0.3 is 0 Å². The number of nitrogens with two attached hydrogens (primary N) is 1. The van der Waals surface area contributed by atoms with Crippen molar-refractivity contribution in [1.29, 1.82) is 0 Å². The van der Waals surface area contributed by atoms with Gasteiger partial charge in [-0.1, -0.05) is 36.1 Å². The predicted molar refractivity (Wildman–Crippen MR) is 86.0 cm³/mol. The molecule has 2 N–H and O–H groups in total. The van der Waals surface area contributed by atoms with Crippen LogP contribution in [0.2, 0.25) is 0 Å². The molecule has 104 valence electrons. The number of carbonyl (C=O) groups excluding carboxylic acids is 1. The van der Waals surface area contributed by atoms with E-state index >= 15 is 0 Å². The lowest BCUT2D eigenvalue weighted by Gasteiger charge is -2.09. The van der Waals surface area contributed by atoms with Crippen molar-refractivity contribution in [3.05, 3.63) is 71.0 Å². The Morgan fingerprint density at radius 3 is 3.00 bits per heavy atom. The van der Waals surface area contributed by atoms with Gasteiger partial charge in [0.15, 0.2) is 0 Å². The van der Waals surface area contributed by atoms with Crippen LogP contribution in [0, 0.1) is 24.7 Å². The number of hydrogen-bond donors (Lipinski definition) is 1. The van der Waals surface area contributed by atoms with Crippen molar-refractivity contribution < 1.29 is 6.22 Å². The van der Waals surface area contributed by atoms with Crippen LogP contribution in [-0.4, -0.2) is 11.6 Å². The third-order valence-corrected chi connectivity index (χ3v) is 3.55. The third kappa shape index (κ3) is 2.56. The van der Waals surface area contributed by atoms with Gasteiger partial charge in [-0.25, -0.2) is 0 Å². The van der Waals surface area contributed by atoms with Crippen LogP contribution >= 0.6 is 0 Å². The first kappa shape index (κ1) is 13.1. The number of rotatable bonds is 1. The maximum atomic E-state index is 11.2. The molecular formula is C18H16N2O. The first-order valence-electron chi connectivity index (χ1n) is 6.70. The molecule has 1 aliphatic carbocycles. The van der Waals surface area contributed by atoms with Crippen LogP contribution in [0.25, 0.3) is 0 Å². The second-order valence-corrected chi connectivity index (χ2v) is 5.00. The van der Waals surface area contributed by atoms with E-state index in [0.717, 1.165) is 22.4 Å². The smallest absolute Gasteiger partial charge is 0.248 e. The molecule has 1 atom stereocenters. The fraction of sp³-hybridized carbons (Fsp3) is 0.111. The molecule has 1 unspecified atom stereocenters. The Morgan fingerprint density at radius 1 is 1.33 bits per heavy atom. The average Bonchev–Trinajstić information content (AvgIpc) is 2.89. The van der Waals surface area contributed by atoms with E-state index in [9.17, 15) is 4.79 Å². The SMILES string of the molecule is Cc1ccc(C(N)=O)cc1C#CC1=CN=C2C=CC=CC12.[HH]. The minimum Gasteiger partial charge on any atom is -0.366 e. The molecule has 1 aliphatic heterocycles. The van der Waals surface area contributed by atoms with Crippen LogP contribution < -0.4 is 5.73 Å². The Hall–Kier alpha value is -2.86. The lowest BCUT2D eigenvalue weighted by molar-refractivity contribution is 0.100. The highest BCUT2D eigenvalue weighted by Crippen LogP contribution is 2.24. The maximum absolute atomic E-state index is 11.2. The van der Waals surface area contributed by atoms with Gasteiger partial charge in [0.2, 0.25) is 5.91 Å². The first-order valence-corrected chi connectivity index (χ1v) is 6.70. The van der Waals surface area contributed by atoms with Gasteiger partial charge in [-0.15, -0.1) is 0 Å². The molecule has 1 amide bonds. The quantitative estimate of drug-likeness (QED) is 0.788. The first-order chi connectivity index (χ1) is 10.1.